The Morgan fingerprint density at radius 3 is 2.40 bits per heavy atom. The number of hydrogen-bond acceptors (Lipinski definition) is 5. The summed E-state index contributed by atoms with van der Waals surface area (Å²) in [7, 11) is 1.53. The molecule has 1 atom stereocenters. The van der Waals surface area contributed by atoms with Crippen LogP contribution in [0.25, 0.3) is 10.8 Å². The summed E-state index contributed by atoms with van der Waals surface area (Å²) in [6.07, 6.45) is -1.20. The van der Waals surface area contributed by atoms with Gasteiger partial charge in [-0.05, 0) is 53.5 Å². The van der Waals surface area contributed by atoms with Crippen molar-refractivity contribution in [1.82, 2.24) is 0 Å². The molecule has 0 aliphatic rings. The maximum Gasteiger partial charge on any atom is 0.352 e. The van der Waals surface area contributed by atoms with E-state index >= 15 is 0 Å². The summed E-state index contributed by atoms with van der Waals surface area (Å²) in [5, 5.41) is 1.60. The average Bonchev–Trinajstić information content (AvgIpc) is 2.75. The van der Waals surface area contributed by atoms with E-state index in [9.17, 15) is 9.59 Å². The van der Waals surface area contributed by atoms with E-state index in [1.165, 1.54) is 7.11 Å². The van der Waals surface area contributed by atoms with Crippen molar-refractivity contribution >= 4 is 22.7 Å². The molecule has 30 heavy (non-hydrogen) atoms. The lowest BCUT2D eigenvalue weighted by atomic mass is 10.00. The van der Waals surface area contributed by atoms with Gasteiger partial charge in [0.2, 0.25) is 6.10 Å². The summed E-state index contributed by atoms with van der Waals surface area (Å²) in [4.78, 5) is 25.6. The first kappa shape index (κ1) is 21.1. The van der Waals surface area contributed by atoms with Gasteiger partial charge in [0, 0.05) is 0 Å². The van der Waals surface area contributed by atoms with Crippen molar-refractivity contribution in [1.29, 1.82) is 0 Å². The van der Waals surface area contributed by atoms with Gasteiger partial charge in [-0.2, -0.15) is 0 Å². The van der Waals surface area contributed by atoms with Crippen LogP contribution in [0.15, 0.2) is 72.8 Å². The normalized spacial score (nSPS) is 11.6. The number of hydrogen-bond donors (Lipinski definition) is 0. The Labute approximate surface area is 175 Å². The number of carbonyl (C=O) groups excluding carboxylic acids is 2. The van der Waals surface area contributed by atoms with E-state index in [0.717, 1.165) is 21.9 Å². The standard InChI is InChI=1S/C25H24O5/c1-16(2)23(25(27)29-15-18-10-6-5-7-11-18)30-24(26)22-14-19(28-4)13-21-17(3)9-8-12-20(21)22/h5-14,23H,1,15H2,2-4H3/t23-/m0/s1. The fourth-order valence-corrected chi connectivity index (χ4v) is 3.12. The van der Waals surface area contributed by atoms with Crippen LogP contribution in [0.4, 0.5) is 0 Å². The Hall–Kier alpha value is -3.60. The van der Waals surface area contributed by atoms with Crippen molar-refractivity contribution in [3.8, 4) is 5.75 Å². The van der Waals surface area contributed by atoms with Crippen LogP contribution in [-0.4, -0.2) is 25.2 Å². The molecule has 3 aromatic rings. The second-order valence-corrected chi connectivity index (χ2v) is 7.07. The molecule has 5 heteroatoms. The minimum Gasteiger partial charge on any atom is -0.497 e. The van der Waals surface area contributed by atoms with Gasteiger partial charge in [0.1, 0.15) is 12.4 Å². The van der Waals surface area contributed by atoms with Crippen LogP contribution in [0.2, 0.25) is 0 Å². The lowest BCUT2D eigenvalue weighted by molar-refractivity contribution is -0.153. The third kappa shape index (κ3) is 4.69. The van der Waals surface area contributed by atoms with Gasteiger partial charge in [0.05, 0.1) is 12.7 Å². The number of ether oxygens (including phenoxy) is 3. The Morgan fingerprint density at radius 1 is 1.00 bits per heavy atom. The summed E-state index contributed by atoms with van der Waals surface area (Å²) >= 11 is 0. The van der Waals surface area contributed by atoms with E-state index in [1.807, 2.05) is 61.5 Å². The zero-order chi connectivity index (χ0) is 21.7. The SMILES string of the molecule is C=C(C)[C@H](OC(=O)c1cc(OC)cc2c(C)cccc12)C(=O)OCc1ccccc1. The van der Waals surface area contributed by atoms with Crippen molar-refractivity contribution in [3.05, 3.63) is 89.5 Å². The van der Waals surface area contributed by atoms with Gasteiger partial charge < -0.3 is 14.2 Å². The highest BCUT2D eigenvalue weighted by Gasteiger charge is 2.27. The van der Waals surface area contributed by atoms with E-state index in [-0.39, 0.29) is 6.61 Å². The molecule has 0 N–H and O–H groups in total. The molecule has 0 fully saturated rings. The van der Waals surface area contributed by atoms with Crippen molar-refractivity contribution in [3.63, 3.8) is 0 Å². The third-order valence-corrected chi connectivity index (χ3v) is 4.75. The van der Waals surface area contributed by atoms with Crippen LogP contribution >= 0.6 is 0 Å². The van der Waals surface area contributed by atoms with Crippen LogP contribution in [0.1, 0.15) is 28.4 Å². The molecule has 0 radical (unpaired) electrons. The third-order valence-electron chi connectivity index (χ3n) is 4.75. The molecular formula is C25H24O5. The number of rotatable bonds is 7. The summed E-state index contributed by atoms with van der Waals surface area (Å²) in [6.45, 7) is 7.44. The van der Waals surface area contributed by atoms with Crippen LogP contribution in [0.5, 0.6) is 5.75 Å². The van der Waals surface area contributed by atoms with Crippen LogP contribution in [0.3, 0.4) is 0 Å². The first-order valence-electron chi connectivity index (χ1n) is 9.55. The van der Waals surface area contributed by atoms with Crippen LogP contribution < -0.4 is 4.74 Å². The first-order chi connectivity index (χ1) is 14.4. The minimum absolute atomic E-state index is 0.0856. The molecule has 0 heterocycles. The average molecular weight is 404 g/mol. The van der Waals surface area contributed by atoms with Crippen molar-refractivity contribution in [2.75, 3.05) is 7.11 Å². The molecule has 0 saturated carbocycles. The largest absolute Gasteiger partial charge is 0.497 e. The quantitative estimate of drug-likeness (QED) is 0.410. The van der Waals surface area contributed by atoms with E-state index in [1.54, 1.807) is 13.0 Å². The molecule has 3 aromatic carbocycles. The summed E-state index contributed by atoms with van der Waals surface area (Å²) in [5.41, 5.74) is 2.53. The van der Waals surface area contributed by atoms with E-state index < -0.39 is 18.0 Å². The Kier molecular flexibility index (Phi) is 6.52. The topological polar surface area (TPSA) is 61.8 Å². The maximum absolute atomic E-state index is 13.0. The lowest BCUT2D eigenvalue weighted by Gasteiger charge is -2.18. The molecule has 0 bridgehead atoms. The number of benzene rings is 3. The zero-order valence-electron chi connectivity index (χ0n) is 17.3. The molecule has 3 rings (SSSR count). The maximum atomic E-state index is 13.0. The fourth-order valence-electron chi connectivity index (χ4n) is 3.12. The van der Waals surface area contributed by atoms with Gasteiger partial charge in [-0.25, -0.2) is 9.59 Å². The van der Waals surface area contributed by atoms with Crippen molar-refractivity contribution in [2.24, 2.45) is 0 Å². The Bertz CT molecular complexity index is 1090. The number of carbonyl (C=O) groups is 2. The Morgan fingerprint density at radius 2 is 1.73 bits per heavy atom. The monoisotopic (exact) mass is 404 g/mol. The van der Waals surface area contributed by atoms with Crippen LogP contribution in [-0.2, 0) is 20.9 Å². The van der Waals surface area contributed by atoms with Gasteiger partial charge in [-0.1, -0.05) is 55.1 Å². The molecule has 0 aromatic heterocycles. The Balaban J connectivity index is 1.84. The van der Waals surface area contributed by atoms with E-state index in [4.69, 9.17) is 14.2 Å². The van der Waals surface area contributed by atoms with Gasteiger partial charge >= 0.3 is 11.9 Å². The summed E-state index contributed by atoms with van der Waals surface area (Å²) < 4.78 is 16.2. The van der Waals surface area contributed by atoms with Crippen molar-refractivity contribution < 1.29 is 23.8 Å². The van der Waals surface area contributed by atoms with Gasteiger partial charge in [0.25, 0.3) is 0 Å². The highest BCUT2D eigenvalue weighted by Crippen LogP contribution is 2.29. The zero-order valence-corrected chi connectivity index (χ0v) is 17.3. The van der Waals surface area contributed by atoms with Gasteiger partial charge in [-0.15, -0.1) is 0 Å². The van der Waals surface area contributed by atoms with E-state index in [2.05, 4.69) is 6.58 Å². The molecule has 0 amide bonds. The predicted octanol–water partition coefficient (Wildman–Crippen LogP) is 5.00. The first-order valence-corrected chi connectivity index (χ1v) is 9.55. The molecule has 0 aliphatic carbocycles. The summed E-state index contributed by atoms with van der Waals surface area (Å²) in [6, 6.07) is 18.4. The molecule has 0 aliphatic heterocycles. The second kappa shape index (κ2) is 9.27. The molecule has 154 valence electrons. The minimum atomic E-state index is -1.20. The number of aryl methyl sites for hydroxylation is 1. The highest BCUT2D eigenvalue weighted by molar-refractivity contribution is 6.06. The second-order valence-electron chi connectivity index (χ2n) is 7.07. The molecule has 0 saturated heterocycles. The predicted molar refractivity (Wildman–Crippen MR) is 115 cm³/mol. The fraction of sp³-hybridized carbons (Fsp3) is 0.200. The molecule has 0 unspecified atom stereocenters. The van der Waals surface area contributed by atoms with Gasteiger partial charge in [0.15, 0.2) is 0 Å². The number of fused-ring (bicyclic) bond motifs is 1. The highest BCUT2D eigenvalue weighted by atomic mass is 16.6. The van der Waals surface area contributed by atoms with Gasteiger partial charge in [-0.3, -0.25) is 0 Å². The molecule has 0 spiro atoms. The van der Waals surface area contributed by atoms with E-state index in [0.29, 0.717) is 16.9 Å². The number of methoxy groups -OCH3 is 1. The van der Waals surface area contributed by atoms with Crippen LogP contribution in [0, 0.1) is 6.92 Å². The smallest absolute Gasteiger partial charge is 0.352 e. The lowest BCUT2D eigenvalue weighted by Crippen LogP contribution is -2.30. The number of esters is 2. The molecular weight excluding hydrogens is 380 g/mol. The summed E-state index contributed by atoms with van der Waals surface area (Å²) in [5.74, 6) is -0.778. The molecule has 5 nitrogen and oxygen atoms in total. The van der Waals surface area contributed by atoms with Crippen molar-refractivity contribution in [2.45, 2.75) is 26.6 Å².